The summed E-state index contributed by atoms with van der Waals surface area (Å²) >= 11 is 0. The maximum atomic E-state index is 12.9. The molecule has 0 bridgehead atoms. The molecule has 3 rings (SSSR count). The van der Waals surface area contributed by atoms with Gasteiger partial charge in [-0.2, -0.15) is 0 Å². The number of fused-ring (bicyclic) bond motifs is 1. The second-order valence-electron chi connectivity index (χ2n) is 7.59. The van der Waals surface area contributed by atoms with Crippen LogP contribution in [-0.4, -0.2) is 77.7 Å². The lowest BCUT2D eigenvalue weighted by molar-refractivity contribution is 0.136. The van der Waals surface area contributed by atoms with Gasteiger partial charge in [0.1, 0.15) is 13.2 Å². The lowest BCUT2D eigenvalue weighted by Crippen LogP contribution is -2.51. The average Bonchev–Trinajstić information content (AvgIpc) is 2.66. The third kappa shape index (κ3) is 5.13. The van der Waals surface area contributed by atoms with Crippen molar-refractivity contribution >= 4 is 10.0 Å². The van der Waals surface area contributed by atoms with Crippen LogP contribution in [0.4, 0.5) is 0 Å². The number of hydrogen-bond acceptors (Lipinski definition) is 6. The van der Waals surface area contributed by atoms with Gasteiger partial charge in [0.25, 0.3) is 0 Å². The molecule has 2 atom stereocenters. The van der Waals surface area contributed by atoms with Gasteiger partial charge in [-0.3, -0.25) is 0 Å². The van der Waals surface area contributed by atoms with E-state index >= 15 is 0 Å². The monoisotopic (exact) mass is 397 g/mol. The Balaban J connectivity index is 1.66. The maximum Gasteiger partial charge on any atom is 0.240 e. The second kappa shape index (κ2) is 8.77. The minimum Gasteiger partial charge on any atom is -0.486 e. The van der Waals surface area contributed by atoms with Gasteiger partial charge in [0, 0.05) is 31.7 Å². The van der Waals surface area contributed by atoms with E-state index in [0.717, 1.165) is 39.0 Å². The van der Waals surface area contributed by atoms with E-state index in [1.54, 1.807) is 18.2 Å². The van der Waals surface area contributed by atoms with E-state index < -0.39 is 10.0 Å². The maximum absolute atomic E-state index is 12.9. The first kappa shape index (κ1) is 20.4. The Morgan fingerprint density at radius 2 is 1.96 bits per heavy atom. The molecule has 1 N–H and O–H groups in total. The Bertz CT molecular complexity index is 738. The van der Waals surface area contributed by atoms with Crippen molar-refractivity contribution in [3.8, 4) is 11.5 Å². The van der Waals surface area contributed by atoms with Gasteiger partial charge in [0.2, 0.25) is 10.0 Å². The Kier molecular flexibility index (Phi) is 6.62. The lowest BCUT2D eigenvalue weighted by atomic mass is 9.91. The van der Waals surface area contributed by atoms with Gasteiger partial charge >= 0.3 is 0 Å². The third-order valence-corrected chi connectivity index (χ3v) is 6.82. The van der Waals surface area contributed by atoms with Gasteiger partial charge in [-0.1, -0.05) is 13.3 Å². The highest BCUT2D eigenvalue weighted by molar-refractivity contribution is 7.89. The Labute approximate surface area is 162 Å². The van der Waals surface area contributed by atoms with Gasteiger partial charge in [-0.05, 0) is 45.1 Å². The van der Waals surface area contributed by atoms with E-state index in [-0.39, 0.29) is 10.9 Å². The zero-order valence-electron chi connectivity index (χ0n) is 16.5. The van der Waals surface area contributed by atoms with E-state index in [1.807, 2.05) is 0 Å². The molecule has 8 heteroatoms. The number of nitrogens with zero attached hydrogens (tertiary/aromatic N) is 2. The molecule has 0 aliphatic carbocycles. The van der Waals surface area contributed by atoms with Crippen LogP contribution in [-0.2, 0) is 10.0 Å². The topological polar surface area (TPSA) is 71.1 Å². The van der Waals surface area contributed by atoms with Crippen molar-refractivity contribution in [2.45, 2.75) is 30.7 Å². The van der Waals surface area contributed by atoms with Crippen LogP contribution in [0, 0.1) is 5.92 Å². The number of piperidine rings is 1. The van der Waals surface area contributed by atoms with Crippen LogP contribution in [0.3, 0.4) is 0 Å². The Morgan fingerprint density at radius 3 is 2.67 bits per heavy atom. The van der Waals surface area contributed by atoms with Crippen molar-refractivity contribution in [1.82, 2.24) is 14.5 Å². The number of sulfonamides is 1. The number of benzene rings is 1. The summed E-state index contributed by atoms with van der Waals surface area (Å²) in [4.78, 5) is 4.84. The normalized spacial score (nSPS) is 23.6. The molecule has 152 valence electrons. The molecule has 0 amide bonds. The summed E-state index contributed by atoms with van der Waals surface area (Å²) in [5.41, 5.74) is 0. The van der Waals surface area contributed by atoms with Crippen LogP contribution in [0.1, 0.15) is 19.8 Å². The fourth-order valence-corrected chi connectivity index (χ4v) is 5.03. The summed E-state index contributed by atoms with van der Waals surface area (Å²) < 4.78 is 39.8. The van der Waals surface area contributed by atoms with Gasteiger partial charge in [-0.15, -0.1) is 0 Å². The number of rotatable bonds is 7. The third-order valence-electron chi connectivity index (χ3n) is 5.34. The summed E-state index contributed by atoms with van der Waals surface area (Å²) in [5, 5.41) is 0. The van der Waals surface area contributed by atoms with Crippen molar-refractivity contribution in [2.24, 2.45) is 5.92 Å². The van der Waals surface area contributed by atoms with Crippen molar-refractivity contribution in [1.29, 1.82) is 0 Å². The van der Waals surface area contributed by atoms with Crippen LogP contribution in [0.5, 0.6) is 11.5 Å². The average molecular weight is 398 g/mol. The van der Waals surface area contributed by atoms with Crippen molar-refractivity contribution in [2.75, 3.05) is 53.5 Å². The molecule has 0 unspecified atom stereocenters. The highest BCUT2D eigenvalue weighted by Crippen LogP contribution is 2.32. The molecule has 0 spiro atoms. The molecule has 1 fully saturated rings. The standard InChI is InChI=1S/C19H31N3O4S/c1-4-15-14-22(10-9-21(2)3)8-7-17(15)20-27(23,24)16-5-6-18-19(13-16)26-12-11-25-18/h5-6,13,15,17,20H,4,7-12,14H2,1-3H3/t15-,17+/m1/s1. The van der Waals surface area contributed by atoms with E-state index in [0.29, 0.717) is 30.6 Å². The number of ether oxygens (including phenoxy) is 2. The molecule has 7 nitrogen and oxygen atoms in total. The quantitative estimate of drug-likeness (QED) is 0.750. The van der Waals surface area contributed by atoms with Crippen LogP contribution in [0.2, 0.25) is 0 Å². The highest BCUT2D eigenvalue weighted by Gasteiger charge is 2.32. The number of hydrogen-bond donors (Lipinski definition) is 1. The smallest absolute Gasteiger partial charge is 0.240 e. The van der Waals surface area contributed by atoms with Gasteiger partial charge in [0.05, 0.1) is 4.90 Å². The van der Waals surface area contributed by atoms with Crippen molar-refractivity contribution < 1.29 is 17.9 Å². The molecule has 2 heterocycles. The largest absolute Gasteiger partial charge is 0.486 e. The van der Waals surface area contributed by atoms with E-state index in [4.69, 9.17) is 9.47 Å². The summed E-state index contributed by atoms with van der Waals surface area (Å²) in [6.45, 7) is 6.94. The number of likely N-dealkylation sites (tertiary alicyclic amines) is 1. The van der Waals surface area contributed by atoms with Gasteiger partial charge < -0.3 is 19.3 Å². The van der Waals surface area contributed by atoms with Gasteiger partial charge in [0.15, 0.2) is 11.5 Å². The first-order valence-electron chi connectivity index (χ1n) is 9.68. The summed E-state index contributed by atoms with van der Waals surface area (Å²) in [6.07, 6.45) is 1.78. The molecular weight excluding hydrogens is 366 g/mol. The van der Waals surface area contributed by atoms with E-state index in [1.165, 1.54) is 0 Å². The zero-order chi connectivity index (χ0) is 19.4. The number of likely N-dealkylation sites (N-methyl/N-ethyl adjacent to an activating group) is 1. The van der Waals surface area contributed by atoms with Crippen molar-refractivity contribution in [3.63, 3.8) is 0 Å². The predicted molar refractivity (Wildman–Crippen MR) is 105 cm³/mol. The molecule has 1 aromatic carbocycles. The Hall–Kier alpha value is -1.35. The molecule has 2 aliphatic rings. The molecule has 0 saturated carbocycles. The lowest BCUT2D eigenvalue weighted by Gasteiger charge is -2.38. The molecule has 0 aromatic heterocycles. The van der Waals surface area contributed by atoms with Crippen LogP contribution in [0.15, 0.2) is 23.1 Å². The van der Waals surface area contributed by atoms with Gasteiger partial charge in [-0.25, -0.2) is 13.1 Å². The fourth-order valence-electron chi connectivity index (χ4n) is 3.68. The van der Waals surface area contributed by atoms with Crippen LogP contribution < -0.4 is 14.2 Å². The Morgan fingerprint density at radius 1 is 1.22 bits per heavy atom. The van der Waals surface area contributed by atoms with E-state index in [9.17, 15) is 8.42 Å². The second-order valence-corrected chi connectivity index (χ2v) is 9.31. The summed E-state index contributed by atoms with van der Waals surface area (Å²) in [7, 11) is 0.558. The molecule has 1 aromatic rings. The van der Waals surface area contributed by atoms with E-state index in [2.05, 4.69) is 35.5 Å². The predicted octanol–water partition coefficient (Wildman–Crippen LogP) is 1.40. The minimum atomic E-state index is -3.59. The zero-order valence-corrected chi connectivity index (χ0v) is 17.3. The first-order chi connectivity index (χ1) is 12.9. The van der Waals surface area contributed by atoms with Crippen LogP contribution in [0.25, 0.3) is 0 Å². The fraction of sp³-hybridized carbons (Fsp3) is 0.684. The SMILES string of the molecule is CC[C@@H]1CN(CCN(C)C)CC[C@@H]1NS(=O)(=O)c1ccc2c(c1)OCCO2. The minimum absolute atomic E-state index is 0.0381. The highest BCUT2D eigenvalue weighted by atomic mass is 32.2. The van der Waals surface area contributed by atoms with Crippen LogP contribution >= 0.6 is 0 Å². The first-order valence-corrected chi connectivity index (χ1v) is 11.2. The number of nitrogens with one attached hydrogen (secondary N) is 1. The van der Waals surface area contributed by atoms with Crippen molar-refractivity contribution in [3.05, 3.63) is 18.2 Å². The molecule has 0 radical (unpaired) electrons. The molecule has 27 heavy (non-hydrogen) atoms. The molecular formula is C19H31N3O4S. The summed E-state index contributed by atoms with van der Waals surface area (Å²) in [6, 6.07) is 4.78. The molecule has 2 aliphatic heterocycles. The molecule has 1 saturated heterocycles. The summed E-state index contributed by atoms with van der Waals surface area (Å²) in [5.74, 6) is 1.41.